The molecule has 96 valence electrons. The lowest BCUT2D eigenvalue weighted by molar-refractivity contribution is 0.150. The van der Waals surface area contributed by atoms with Crippen molar-refractivity contribution in [2.75, 3.05) is 6.26 Å². The van der Waals surface area contributed by atoms with E-state index in [9.17, 15) is 21.6 Å². The molecule has 0 heterocycles. The van der Waals surface area contributed by atoms with Crippen LogP contribution in [0.4, 0.5) is 13.2 Å². The first kappa shape index (κ1) is 14.0. The number of hydrogen-bond donors (Lipinski definition) is 0. The fraction of sp³-hybridized carbons (Fsp3) is 0.400. The van der Waals surface area contributed by atoms with Gasteiger partial charge in [0.15, 0.2) is 0 Å². The molecular formula is C10H11F3O3S. The van der Waals surface area contributed by atoms with Gasteiger partial charge in [0.1, 0.15) is 11.9 Å². The van der Waals surface area contributed by atoms with Crippen molar-refractivity contribution in [2.24, 2.45) is 0 Å². The van der Waals surface area contributed by atoms with Gasteiger partial charge in [0.2, 0.25) is 0 Å². The molecule has 0 radical (unpaired) electrons. The minimum atomic E-state index is -3.78. The monoisotopic (exact) mass is 268 g/mol. The molecule has 7 heteroatoms. The zero-order chi connectivity index (χ0) is 13.2. The lowest BCUT2D eigenvalue weighted by Crippen LogP contribution is -2.09. The van der Waals surface area contributed by atoms with Crippen LogP contribution in [0, 0.1) is 5.82 Å². The van der Waals surface area contributed by atoms with Crippen molar-refractivity contribution in [2.45, 2.75) is 19.5 Å². The third-order valence-corrected chi connectivity index (χ3v) is 2.67. The van der Waals surface area contributed by atoms with Gasteiger partial charge in [-0.25, -0.2) is 13.2 Å². The van der Waals surface area contributed by atoms with E-state index in [1.807, 2.05) is 0 Å². The van der Waals surface area contributed by atoms with Gasteiger partial charge < -0.3 is 0 Å². The highest BCUT2D eigenvalue weighted by Crippen LogP contribution is 2.27. The van der Waals surface area contributed by atoms with Gasteiger partial charge in [-0.1, -0.05) is 6.07 Å². The summed E-state index contributed by atoms with van der Waals surface area (Å²) in [5.74, 6) is -0.787. The summed E-state index contributed by atoms with van der Waals surface area (Å²) in [6.45, 7) is 1.27. The zero-order valence-electron chi connectivity index (χ0n) is 9.15. The van der Waals surface area contributed by atoms with Gasteiger partial charge in [0.25, 0.3) is 16.5 Å². The van der Waals surface area contributed by atoms with E-state index in [4.69, 9.17) is 0 Å². The van der Waals surface area contributed by atoms with Crippen molar-refractivity contribution in [1.29, 1.82) is 0 Å². The van der Waals surface area contributed by atoms with Gasteiger partial charge in [-0.3, -0.25) is 4.18 Å². The summed E-state index contributed by atoms with van der Waals surface area (Å²) in [7, 11) is -3.78. The van der Waals surface area contributed by atoms with E-state index in [0.717, 1.165) is 24.5 Å². The highest BCUT2D eigenvalue weighted by Gasteiger charge is 2.19. The molecule has 0 fully saturated rings. The van der Waals surface area contributed by atoms with Crippen molar-refractivity contribution in [3.8, 4) is 0 Å². The van der Waals surface area contributed by atoms with Gasteiger partial charge in [-0.2, -0.15) is 8.42 Å². The molecular weight excluding hydrogens is 257 g/mol. The van der Waals surface area contributed by atoms with Crippen LogP contribution in [0.3, 0.4) is 0 Å². The predicted molar refractivity (Wildman–Crippen MR) is 55.7 cm³/mol. The Kier molecular flexibility index (Phi) is 4.16. The van der Waals surface area contributed by atoms with Crippen molar-refractivity contribution < 1.29 is 25.8 Å². The molecule has 1 rings (SSSR count). The van der Waals surface area contributed by atoms with Crippen molar-refractivity contribution in [1.82, 2.24) is 0 Å². The average Bonchev–Trinajstić information content (AvgIpc) is 2.14. The molecule has 3 nitrogen and oxygen atoms in total. The maximum absolute atomic E-state index is 13.3. The molecule has 1 aromatic rings. The third kappa shape index (κ3) is 4.01. The Morgan fingerprint density at radius 3 is 2.35 bits per heavy atom. The molecule has 0 saturated carbocycles. The van der Waals surface area contributed by atoms with E-state index >= 15 is 0 Å². The number of hydrogen-bond acceptors (Lipinski definition) is 3. The molecule has 0 saturated heterocycles. The minimum Gasteiger partial charge on any atom is -0.262 e. The smallest absolute Gasteiger partial charge is 0.262 e. The normalized spacial score (nSPS) is 14.0. The predicted octanol–water partition coefficient (Wildman–Crippen LogP) is 2.80. The molecule has 0 spiro atoms. The fourth-order valence-electron chi connectivity index (χ4n) is 1.32. The lowest BCUT2D eigenvalue weighted by atomic mass is 10.1. The van der Waals surface area contributed by atoms with Crippen LogP contribution in [0.1, 0.15) is 30.6 Å². The van der Waals surface area contributed by atoms with E-state index < -0.39 is 28.5 Å². The van der Waals surface area contributed by atoms with E-state index in [2.05, 4.69) is 4.18 Å². The standard InChI is InChI=1S/C10H11F3O3S/c1-6(16-17(2,14)15)8-5-7(10(12)13)3-4-9(8)11/h3-6,10H,1-2H3. The molecule has 1 unspecified atom stereocenters. The number of rotatable bonds is 4. The summed E-state index contributed by atoms with van der Waals surface area (Å²) in [6, 6.07) is 2.70. The first-order chi connectivity index (χ1) is 7.70. The summed E-state index contributed by atoms with van der Waals surface area (Å²) in [5.41, 5.74) is -0.599. The Morgan fingerprint density at radius 2 is 1.88 bits per heavy atom. The molecule has 0 aliphatic rings. The van der Waals surface area contributed by atoms with Crippen LogP contribution in [0.25, 0.3) is 0 Å². The van der Waals surface area contributed by atoms with Crippen LogP contribution in [0.5, 0.6) is 0 Å². The first-order valence-electron chi connectivity index (χ1n) is 4.66. The number of benzene rings is 1. The summed E-state index contributed by atoms with van der Waals surface area (Å²) in [4.78, 5) is 0. The molecule has 0 amide bonds. The molecule has 0 aliphatic carbocycles. The van der Waals surface area contributed by atoms with Gasteiger partial charge >= 0.3 is 0 Å². The van der Waals surface area contributed by atoms with Crippen molar-refractivity contribution in [3.63, 3.8) is 0 Å². The van der Waals surface area contributed by atoms with Gasteiger partial charge in [0.05, 0.1) is 6.26 Å². The summed E-state index contributed by atoms with van der Waals surface area (Å²) in [6.07, 6.45) is -3.10. The average molecular weight is 268 g/mol. The summed E-state index contributed by atoms with van der Waals surface area (Å²) in [5, 5.41) is 0. The Bertz CT molecular complexity index is 500. The zero-order valence-corrected chi connectivity index (χ0v) is 9.97. The minimum absolute atomic E-state index is 0.215. The van der Waals surface area contributed by atoms with Crippen LogP contribution >= 0.6 is 0 Å². The quantitative estimate of drug-likeness (QED) is 0.789. The van der Waals surface area contributed by atoms with E-state index in [1.165, 1.54) is 6.92 Å². The maximum atomic E-state index is 13.3. The number of alkyl halides is 2. The second kappa shape index (κ2) is 5.05. The van der Waals surface area contributed by atoms with Crippen molar-refractivity contribution >= 4 is 10.1 Å². The molecule has 1 aromatic carbocycles. The van der Waals surface area contributed by atoms with E-state index in [1.54, 1.807) is 0 Å². The Balaban J connectivity index is 3.08. The molecule has 1 atom stereocenters. The van der Waals surface area contributed by atoms with Crippen LogP contribution in [-0.2, 0) is 14.3 Å². The second-order valence-electron chi connectivity index (χ2n) is 3.52. The SMILES string of the molecule is CC(OS(C)(=O)=O)c1cc(C(F)F)ccc1F. The van der Waals surface area contributed by atoms with Crippen molar-refractivity contribution in [3.05, 3.63) is 35.1 Å². The Morgan fingerprint density at radius 1 is 1.29 bits per heavy atom. The van der Waals surface area contributed by atoms with Gasteiger partial charge in [-0.05, 0) is 19.1 Å². The maximum Gasteiger partial charge on any atom is 0.264 e. The highest BCUT2D eigenvalue weighted by molar-refractivity contribution is 7.86. The summed E-state index contributed by atoms with van der Waals surface area (Å²) < 4.78 is 64.4. The largest absolute Gasteiger partial charge is 0.264 e. The molecule has 0 bridgehead atoms. The second-order valence-corrected chi connectivity index (χ2v) is 5.12. The van der Waals surface area contributed by atoms with Crippen LogP contribution < -0.4 is 0 Å². The molecule has 0 aliphatic heterocycles. The number of halogens is 3. The molecule has 0 aromatic heterocycles. The Labute approximate surface area is 97.3 Å². The Hall–Kier alpha value is -1.08. The molecule has 0 N–H and O–H groups in total. The van der Waals surface area contributed by atoms with Crippen LogP contribution in [0.15, 0.2) is 18.2 Å². The fourth-order valence-corrected chi connectivity index (χ4v) is 1.95. The van der Waals surface area contributed by atoms with Crippen LogP contribution in [-0.4, -0.2) is 14.7 Å². The summed E-state index contributed by atoms with van der Waals surface area (Å²) >= 11 is 0. The molecule has 17 heavy (non-hydrogen) atoms. The van der Waals surface area contributed by atoms with Crippen LogP contribution in [0.2, 0.25) is 0 Å². The topological polar surface area (TPSA) is 43.4 Å². The van der Waals surface area contributed by atoms with Gasteiger partial charge in [0, 0.05) is 11.1 Å². The lowest BCUT2D eigenvalue weighted by Gasteiger charge is -2.13. The first-order valence-corrected chi connectivity index (χ1v) is 6.48. The third-order valence-electron chi connectivity index (χ3n) is 2.03. The van der Waals surface area contributed by atoms with E-state index in [-0.39, 0.29) is 11.1 Å². The highest BCUT2D eigenvalue weighted by atomic mass is 32.2. The van der Waals surface area contributed by atoms with Gasteiger partial charge in [-0.15, -0.1) is 0 Å². The van der Waals surface area contributed by atoms with E-state index in [0.29, 0.717) is 0 Å².